The Hall–Kier alpha value is -3.39. The van der Waals surface area contributed by atoms with Crippen LogP contribution < -0.4 is 10.6 Å². The maximum absolute atomic E-state index is 12.2. The molecule has 2 rings (SSSR count). The Kier molecular flexibility index (Phi) is 5.26. The van der Waals surface area contributed by atoms with Gasteiger partial charge in [0.05, 0.1) is 0 Å². The molecule has 5 heteroatoms. The van der Waals surface area contributed by atoms with Crippen molar-refractivity contribution in [3.8, 4) is 6.07 Å². The molecule has 0 spiro atoms. The highest BCUT2D eigenvalue weighted by molar-refractivity contribution is 6.11. The van der Waals surface area contributed by atoms with Crippen molar-refractivity contribution in [3.63, 3.8) is 0 Å². The third-order valence-corrected chi connectivity index (χ3v) is 3.06. The van der Waals surface area contributed by atoms with Gasteiger partial charge in [-0.25, -0.2) is 4.79 Å². The van der Waals surface area contributed by atoms with E-state index in [4.69, 9.17) is 5.26 Å². The van der Waals surface area contributed by atoms with Gasteiger partial charge >= 0.3 is 6.03 Å². The van der Waals surface area contributed by atoms with Gasteiger partial charge in [0.2, 0.25) is 5.78 Å². The summed E-state index contributed by atoms with van der Waals surface area (Å²) in [5.41, 5.74) is 1.89. The van der Waals surface area contributed by atoms with E-state index in [0.29, 0.717) is 11.3 Å². The second kappa shape index (κ2) is 7.57. The fourth-order valence-electron chi connectivity index (χ4n) is 1.84. The van der Waals surface area contributed by atoms with Crippen molar-refractivity contribution in [1.29, 1.82) is 5.26 Å². The number of nitriles is 1. The van der Waals surface area contributed by atoms with Crippen molar-refractivity contribution in [1.82, 2.24) is 5.32 Å². The average molecular weight is 305 g/mol. The zero-order valence-corrected chi connectivity index (χ0v) is 12.5. The molecule has 0 saturated carbocycles. The lowest BCUT2D eigenvalue weighted by Crippen LogP contribution is -2.25. The van der Waals surface area contributed by atoms with Crippen LogP contribution in [0.2, 0.25) is 0 Å². The average Bonchev–Trinajstić information content (AvgIpc) is 2.56. The van der Waals surface area contributed by atoms with Crippen LogP contribution in [-0.2, 0) is 0 Å². The Morgan fingerprint density at radius 3 is 2.30 bits per heavy atom. The van der Waals surface area contributed by atoms with E-state index in [1.807, 2.05) is 13.0 Å². The molecule has 0 fully saturated rings. The number of carbonyl (C=O) groups is 2. The van der Waals surface area contributed by atoms with Crippen molar-refractivity contribution in [3.05, 3.63) is 77.5 Å². The molecule has 0 saturated heterocycles. The maximum atomic E-state index is 12.2. The lowest BCUT2D eigenvalue weighted by atomic mass is 10.0. The Morgan fingerprint density at radius 1 is 1.04 bits per heavy atom. The number of ketones is 1. The Morgan fingerprint density at radius 2 is 1.70 bits per heavy atom. The topological polar surface area (TPSA) is 82.0 Å². The van der Waals surface area contributed by atoms with Crippen LogP contribution >= 0.6 is 0 Å². The van der Waals surface area contributed by atoms with E-state index in [1.54, 1.807) is 54.6 Å². The van der Waals surface area contributed by atoms with Gasteiger partial charge < -0.3 is 10.6 Å². The number of rotatable bonds is 4. The summed E-state index contributed by atoms with van der Waals surface area (Å²) in [6.07, 6.45) is 1.11. The fraction of sp³-hybridized carbons (Fsp3) is 0.0556. The number of urea groups is 1. The first-order valence-corrected chi connectivity index (χ1v) is 6.94. The molecule has 0 aliphatic heterocycles. The number of anilines is 1. The van der Waals surface area contributed by atoms with Crippen molar-refractivity contribution in [2.45, 2.75) is 6.92 Å². The number of nitrogens with zero attached hydrogens (tertiary/aromatic N) is 1. The number of aryl methyl sites for hydroxylation is 1. The van der Waals surface area contributed by atoms with Gasteiger partial charge in [0.25, 0.3) is 0 Å². The van der Waals surface area contributed by atoms with Crippen molar-refractivity contribution >= 4 is 17.5 Å². The minimum Gasteiger partial charge on any atom is -0.313 e. The summed E-state index contributed by atoms with van der Waals surface area (Å²) in [4.78, 5) is 23.9. The largest absolute Gasteiger partial charge is 0.323 e. The zero-order chi connectivity index (χ0) is 16.7. The van der Waals surface area contributed by atoms with Crippen LogP contribution in [0, 0.1) is 18.3 Å². The van der Waals surface area contributed by atoms with Crippen LogP contribution in [0.25, 0.3) is 0 Å². The highest BCUT2D eigenvalue weighted by Crippen LogP contribution is 2.09. The number of amides is 2. The van der Waals surface area contributed by atoms with Gasteiger partial charge in [-0.2, -0.15) is 5.26 Å². The van der Waals surface area contributed by atoms with Gasteiger partial charge in [0, 0.05) is 17.5 Å². The summed E-state index contributed by atoms with van der Waals surface area (Å²) in [5.74, 6) is -0.437. The normalized spacial score (nSPS) is 10.5. The molecule has 114 valence electrons. The van der Waals surface area contributed by atoms with E-state index >= 15 is 0 Å². The van der Waals surface area contributed by atoms with Gasteiger partial charge in [0.1, 0.15) is 11.6 Å². The molecule has 0 aliphatic carbocycles. The number of benzene rings is 2. The van der Waals surface area contributed by atoms with Gasteiger partial charge in [-0.05, 0) is 19.1 Å². The lowest BCUT2D eigenvalue weighted by molar-refractivity contribution is 0.103. The molecular formula is C18H15N3O2. The first kappa shape index (κ1) is 16.0. The Labute approximate surface area is 134 Å². The molecule has 0 aromatic heterocycles. The summed E-state index contributed by atoms with van der Waals surface area (Å²) >= 11 is 0. The molecule has 5 nitrogen and oxygen atoms in total. The molecule has 0 heterocycles. The van der Waals surface area contributed by atoms with E-state index in [-0.39, 0.29) is 5.57 Å². The summed E-state index contributed by atoms with van der Waals surface area (Å²) in [6, 6.07) is 17.0. The van der Waals surface area contributed by atoms with Crippen molar-refractivity contribution in [2.24, 2.45) is 0 Å². The summed E-state index contributed by atoms with van der Waals surface area (Å²) < 4.78 is 0. The van der Waals surface area contributed by atoms with E-state index in [1.165, 1.54) is 0 Å². The van der Waals surface area contributed by atoms with Gasteiger partial charge in [0.15, 0.2) is 0 Å². The molecule has 2 aromatic carbocycles. The molecule has 0 atom stereocenters. The van der Waals surface area contributed by atoms with Gasteiger partial charge in [-0.1, -0.05) is 48.0 Å². The van der Waals surface area contributed by atoms with Crippen LogP contribution in [0.4, 0.5) is 10.5 Å². The molecule has 2 aromatic rings. The van der Waals surface area contributed by atoms with Gasteiger partial charge in [-0.3, -0.25) is 4.79 Å². The molecular weight excluding hydrogens is 290 g/mol. The molecule has 0 aliphatic rings. The second-order valence-corrected chi connectivity index (χ2v) is 4.83. The SMILES string of the molecule is Cc1ccc(C(=O)C(C#N)=CNC(=O)Nc2ccccc2)cc1. The van der Waals surface area contributed by atoms with E-state index < -0.39 is 11.8 Å². The molecule has 2 amide bonds. The third-order valence-electron chi connectivity index (χ3n) is 3.06. The first-order valence-electron chi connectivity index (χ1n) is 6.94. The molecule has 23 heavy (non-hydrogen) atoms. The monoisotopic (exact) mass is 305 g/mol. The molecule has 0 bridgehead atoms. The Balaban J connectivity index is 2.04. The smallest absolute Gasteiger partial charge is 0.313 e. The Bertz CT molecular complexity index is 772. The number of para-hydroxylation sites is 1. The second-order valence-electron chi connectivity index (χ2n) is 4.83. The van der Waals surface area contributed by atoms with E-state index in [9.17, 15) is 9.59 Å². The number of nitrogens with one attached hydrogen (secondary N) is 2. The van der Waals surface area contributed by atoms with E-state index in [2.05, 4.69) is 10.6 Å². The predicted molar refractivity (Wildman–Crippen MR) is 87.8 cm³/mol. The van der Waals surface area contributed by atoms with Crippen molar-refractivity contribution < 1.29 is 9.59 Å². The van der Waals surface area contributed by atoms with E-state index in [0.717, 1.165) is 11.8 Å². The minimum atomic E-state index is -0.527. The lowest BCUT2D eigenvalue weighted by Gasteiger charge is -2.05. The van der Waals surface area contributed by atoms with Crippen molar-refractivity contribution in [2.75, 3.05) is 5.32 Å². The summed E-state index contributed by atoms with van der Waals surface area (Å²) in [6.45, 7) is 1.91. The number of allylic oxidation sites excluding steroid dienone is 1. The van der Waals surface area contributed by atoms with Crippen LogP contribution in [0.1, 0.15) is 15.9 Å². The van der Waals surface area contributed by atoms with Crippen LogP contribution in [0.15, 0.2) is 66.4 Å². The third kappa shape index (κ3) is 4.55. The molecule has 0 radical (unpaired) electrons. The quantitative estimate of drug-likeness (QED) is 0.516. The number of hydrogen-bond donors (Lipinski definition) is 2. The molecule has 2 N–H and O–H groups in total. The van der Waals surface area contributed by atoms with Crippen LogP contribution in [-0.4, -0.2) is 11.8 Å². The van der Waals surface area contributed by atoms with Crippen LogP contribution in [0.3, 0.4) is 0 Å². The number of carbonyl (C=O) groups excluding carboxylic acids is 2. The van der Waals surface area contributed by atoms with Gasteiger partial charge in [-0.15, -0.1) is 0 Å². The predicted octanol–water partition coefficient (Wildman–Crippen LogP) is 3.41. The van der Waals surface area contributed by atoms with Crippen LogP contribution in [0.5, 0.6) is 0 Å². The summed E-state index contributed by atoms with van der Waals surface area (Å²) in [5, 5.41) is 14.1. The highest BCUT2D eigenvalue weighted by atomic mass is 16.2. The fourth-order valence-corrected chi connectivity index (χ4v) is 1.84. The first-order chi connectivity index (χ1) is 11.1. The minimum absolute atomic E-state index is 0.142. The maximum Gasteiger partial charge on any atom is 0.323 e. The highest BCUT2D eigenvalue weighted by Gasteiger charge is 2.12. The number of Topliss-reactive ketones (excluding diaryl/α,β-unsaturated/α-hetero) is 1. The number of hydrogen-bond acceptors (Lipinski definition) is 3. The molecule has 0 unspecified atom stereocenters. The standard InChI is InChI=1S/C18H15N3O2/c1-13-7-9-14(10-8-13)17(22)15(11-19)12-20-18(23)21-16-5-3-2-4-6-16/h2-10,12H,1H3,(H2,20,21,23). The summed E-state index contributed by atoms with van der Waals surface area (Å²) in [7, 11) is 0. The zero-order valence-electron chi connectivity index (χ0n) is 12.5.